The van der Waals surface area contributed by atoms with Gasteiger partial charge in [0.25, 0.3) is 0 Å². The Labute approximate surface area is 118 Å². The van der Waals surface area contributed by atoms with Gasteiger partial charge in [-0.2, -0.15) is 0 Å². The van der Waals surface area contributed by atoms with Crippen LogP contribution in [0.15, 0.2) is 42.5 Å². The summed E-state index contributed by atoms with van der Waals surface area (Å²) in [5.41, 5.74) is 3.66. The molecule has 1 aliphatic heterocycles. The largest absolute Gasteiger partial charge is 0.488 e. The third-order valence-electron chi connectivity index (χ3n) is 3.34. The lowest BCUT2D eigenvalue weighted by Crippen LogP contribution is -2.23. The summed E-state index contributed by atoms with van der Waals surface area (Å²) in [7, 11) is 0. The third-order valence-corrected chi connectivity index (χ3v) is 3.59. The fourth-order valence-corrected chi connectivity index (χ4v) is 2.49. The molecule has 1 atom stereocenters. The van der Waals surface area contributed by atoms with Crippen LogP contribution < -0.4 is 10.1 Å². The maximum Gasteiger partial charge on any atom is 0.123 e. The van der Waals surface area contributed by atoms with E-state index >= 15 is 0 Å². The lowest BCUT2D eigenvalue weighted by molar-refractivity contribution is 0.246. The summed E-state index contributed by atoms with van der Waals surface area (Å²) in [6.07, 6.45) is 1.17. The van der Waals surface area contributed by atoms with Gasteiger partial charge in [0.05, 0.1) is 6.54 Å². The average molecular weight is 274 g/mol. The van der Waals surface area contributed by atoms with Gasteiger partial charge in [0, 0.05) is 17.1 Å². The van der Waals surface area contributed by atoms with Crippen molar-refractivity contribution in [2.75, 3.05) is 11.9 Å². The van der Waals surface area contributed by atoms with Crippen LogP contribution in [-0.4, -0.2) is 12.6 Å². The van der Waals surface area contributed by atoms with Crippen molar-refractivity contribution in [2.24, 2.45) is 0 Å². The highest BCUT2D eigenvalue weighted by molar-refractivity contribution is 6.30. The summed E-state index contributed by atoms with van der Waals surface area (Å²) in [6.45, 7) is 2.91. The predicted octanol–water partition coefficient (Wildman–Crippen LogP) is 4.06. The van der Waals surface area contributed by atoms with Crippen LogP contribution in [0.1, 0.15) is 11.1 Å². The van der Waals surface area contributed by atoms with Crippen molar-refractivity contribution < 1.29 is 4.74 Å². The maximum absolute atomic E-state index is 5.92. The predicted molar refractivity (Wildman–Crippen MR) is 79.2 cm³/mol. The average Bonchev–Trinajstić information content (AvgIpc) is 2.80. The van der Waals surface area contributed by atoms with Crippen LogP contribution in [0.4, 0.5) is 5.69 Å². The molecule has 0 fully saturated rings. The molecule has 3 rings (SSSR count). The number of ether oxygens (including phenoxy) is 1. The van der Waals surface area contributed by atoms with Crippen LogP contribution in [0, 0.1) is 6.92 Å². The van der Waals surface area contributed by atoms with E-state index in [1.165, 1.54) is 11.1 Å². The number of aryl methyl sites for hydroxylation is 1. The fourth-order valence-electron chi connectivity index (χ4n) is 2.36. The van der Waals surface area contributed by atoms with Gasteiger partial charge < -0.3 is 10.1 Å². The third kappa shape index (κ3) is 2.85. The van der Waals surface area contributed by atoms with Crippen LogP contribution >= 0.6 is 11.6 Å². The highest BCUT2D eigenvalue weighted by Crippen LogP contribution is 2.29. The van der Waals surface area contributed by atoms with Gasteiger partial charge in [0.1, 0.15) is 11.9 Å². The van der Waals surface area contributed by atoms with Crippen LogP contribution in [-0.2, 0) is 6.42 Å². The van der Waals surface area contributed by atoms with Gasteiger partial charge in [-0.15, -0.1) is 0 Å². The van der Waals surface area contributed by atoms with Crippen molar-refractivity contribution in [3.8, 4) is 5.75 Å². The minimum absolute atomic E-state index is 0.201. The quantitative estimate of drug-likeness (QED) is 0.910. The van der Waals surface area contributed by atoms with Crippen LogP contribution in [0.5, 0.6) is 5.75 Å². The number of fused-ring (bicyclic) bond motifs is 1. The van der Waals surface area contributed by atoms with E-state index in [9.17, 15) is 0 Å². The molecule has 0 saturated carbocycles. The van der Waals surface area contributed by atoms with Crippen molar-refractivity contribution >= 4 is 17.3 Å². The van der Waals surface area contributed by atoms with E-state index in [2.05, 4.69) is 30.4 Å². The molecule has 2 aromatic carbocycles. The molecule has 0 bridgehead atoms. The molecular weight excluding hydrogens is 258 g/mol. The molecule has 0 spiro atoms. The second-order valence-electron chi connectivity index (χ2n) is 4.94. The minimum Gasteiger partial charge on any atom is -0.488 e. The fraction of sp³-hybridized carbons (Fsp3) is 0.250. The molecule has 1 heterocycles. The second-order valence-corrected chi connectivity index (χ2v) is 5.38. The van der Waals surface area contributed by atoms with E-state index in [0.29, 0.717) is 0 Å². The van der Waals surface area contributed by atoms with Crippen molar-refractivity contribution in [1.29, 1.82) is 0 Å². The molecule has 0 amide bonds. The van der Waals surface area contributed by atoms with Gasteiger partial charge >= 0.3 is 0 Å². The van der Waals surface area contributed by atoms with Crippen molar-refractivity contribution in [3.63, 3.8) is 0 Å². The Balaban J connectivity index is 1.60. The van der Waals surface area contributed by atoms with Crippen LogP contribution in [0.2, 0.25) is 5.02 Å². The summed E-state index contributed by atoms with van der Waals surface area (Å²) in [5, 5.41) is 4.13. The number of rotatable bonds is 3. The van der Waals surface area contributed by atoms with E-state index in [4.69, 9.17) is 16.3 Å². The van der Waals surface area contributed by atoms with Crippen LogP contribution in [0.3, 0.4) is 0 Å². The first-order valence-corrected chi connectivity index (χ1v) is 6.84. The molecule has 0 aliphatic carbocycles. The van der Waals surface area contributed by atoms with E-state index < -0.39 is 0 Å². The SMILES string of the molecule is Cc1ccc2c(c1)CC(CNc1ccc(Cl)cc1)O2. The molecule has 3 heteroatoms. The topological polar surface area (TPSA) is 21.3 Å². The number of hydrogen-bond acceptors (Lipinski definition) is 2. The first-order chi connectivity index (χ1) is 9.20. The van der Waals surface area contributed by atoms with Crippen molar-refractivity contribution in [2.45, 2.75) is 19.4 Å². The summed E-state index contributed by atoms with van der Waals surface area (Å²) in [6, 6.07) is 14.1. The zero-order valence-electron chi connectivity index (χ0n) is 10.8. The van der Waals surface area contributed by atoms with Gasteiger partial charge in [-0.3, -0.25) is 0 Å². The Morgan fingerprint density at radius 3 is 2.79 bits per heavy atom. The molecule has 98 valence electrons. The van der Waals surface area contributed by atoms with Crippen LogP contribution in [0.25, 0.3) is 0 Å². The molecule has 1 unspecified atom stereocenters. The normalized spacial score (nSPS) is 16.8. The first-order valence-electron chi connectivity index (χ1n) is 6.46. The van der Waals surface area contributed by atoms with Gasteiger partial charge in [0.2, 0.25) is 0 Å². The Bertz CT molecular complexity index is 580. The summed E-state index contributed by atoms with van der Waals surface area (Å²) < 4.78 is 5.92. The monoisotopic (exact) mass is 273 g/mol. The van der Waals surface area contributed by atoms with E-state index in [-0.39, 0.29) is 6.10 Å². The number of anilines is 1. The van der Waals surface area contributed by atoms with Crippen molar-refractivity contribution in [1.82, 2.24) is 0 Å². The van der Waals surface area contributed by atoms with Gasteiger partial charge in [0.15, 0.2) is 0 Å². The molecule has 1 N–H and O–H groups in total. The Morgan fingerprint density at radius 2 is 2.00 bits per heavy atom. The molecule has 2 nitrogen and oxygen atoms in total. The minimum atomic E-state index is 0.201. The lowest BCUT2D eigenvalue weighted by atomic mass is 10.1. The molecule has 1 aliphatic rings. The number of halogens is 1. The lowest BCUT2D eigenvalue weighted by Gasteiger charge is -2.12. The number of hydrogen-bond donors (Lipinski definition) is 1. The zero-order chi connectivity index (χ0) is 13.2. The summed E-state index contributed by atoms with van der Waals surface area (Å²) in [4.78, 5) is 0. The van der Waals surface area contributed by atoms with E-state index in [1.54, 1.807) is 0 Å². The Hall–Kier alpha value is -1.67. The Morgan fingerprint density at radius 1 is 1.21 bits per heavy atom. The van der Waals surface area contributed by atoms with E-state index in [0.717, 1.165) is 29.4 Å². The molecule has 0 saturated heterocycles. The highest BCUT2D eigenvalue weighted by Gasteiger charge is 2.22. The molecular formula is C16H16ClNO. The standard InChI is InChI=1S/C16H16ClNO/c1-11-2-7-16-12(8-11)9-15(19-16)10-18-14-5-3-13(17)4-6-14/h2-8,15,18H,9-10H2,1H3. The highest BCUT2D eigenvalue weighted by atomic mass is 35.5. The van der Waals surface area contributed by atoms with E-state index in [1.807, 2.05) is 24.3 Å². The molecule has 2 aromatic rings. The second kappa shape index (κ2) is 5.14. The van der Waals surface area contributed by atoms with Gasteiger partial charge in [-0.05, 0) is 42.8 Å². The zero-order valence-corrected chi connectivity index (χ0v) is 11.6. The smallest absolute Gasteiger partial charge is 0.123 e. The Kier molecular flexibility index (Phi) is 3.34. The van der Waals surface area contributed by atoms with Gasteiger partial charge in [-0.25, -0.2) is 0 Å². The molecule has 0 aromatic heterocycles. The summed E-state index contributed by atoms with van der Waals surface area (Å²) >= 11 is 5.86. The molecule has 0 radical (unpaired) electrons. The number of benzene rings is 2. The summed E-state index contributed by atoms with van der Waals surface area (Å²) in [5.74, 6) is 1.02. The first kappa shape index (κ1) is 12.4. The molecule has 19 heavy (non-hydrogen) atoms. The number of nitrogens with one attached hydrogen (secondary N) is 1. The van der Waals surface area contributed by atoms with Crippen molar-refractivity contribution in [3.05, 3.63) is 58.6 Å². The maximum atomic E-state index is 5.92. The van der Waals surface area contributed by atoms with Gasteiger partial charge in [-0.1, -0.05) is 29.3 Å².